The molecule has 0 amide bonds. The molecule has 0 saturated carbocycles. The van der Waals surface area contributed by atoms with E-state index in [0.717, 1.165) is 12.1 Å². The number of likely N-dealkylation sites (N-methyl/N-ethyl adjacent to an activating group) is 1. The third-order valence-electron chi connectivity index (χ3n) is 2.19. The van der Waals surface area contributed by atoms with Crippen LogP contribution in [-0.4, -0.2) is 18.2 Å². The molecule has 0 radical (unpaired) electrons. The van der Waals surface area contributed by atoms with Crippen LogP contribution in [0.15, 0.2) is 24.3 Å². The first-order valence-corrected chi connectivity index (χ1v) is 5.83. The van der Waals surface area contributed by atoms with Gasteiger partial charge in [-0.2, -0.15) is 0 Å². The van der Waals surface area contributed by atoms with E-state index in [0.29, 0.717) is 6.54 Å². The molecule has 0 bridgehead atoms. The Labute approximate surface area is 98.9 Å². The van der Waals surface area contributed by atoms with E-state index in [9.17, 15) is 5.11 Å². The van der Waals surface area contributed by atoms with Gasteiger partial charge in [0.25, 0.3) is 0 Å². The van der Waals surface area contributed by atoms with Gasteiger partial charge >= 0.3 is 0 Å². The fourth-order valence-corrected chi connectivity index (χ4v) is 1.64. The van der Waals surface area contributed by atoms with Gasteiger partial charge in [0.1, 0.15) is 0 Å². The first-order valence-electron chi connectivity index (χ1n) is 4.75. The third kappa shape index (κ3) is 3.22. The van der Waals surface area contributed by atoms with Crippen molar-refractivity contribution in [1.82, 2.24) is 5.32 Å². The number of aliphatic hydroxyl groups is 1. The number of rotatable bonds is 4. The molecule has 1 aromatic rings. The summed E-state index contributed by atoms with van der Waals surface area (Å²) in [5.41, 5.74) is 0.180. The number of hydrogen-bond acceptors (Lipinski definition) is 2. The average Bonchev–Trinajstić information content (AvgIpc) is 2.16. The Hall–Kier alpha value is -0.130. The first-order chi connectivity index (χ1) is 6.56. The quantitative estimate of drug-likeness (QED) is 0.835. The van der Waals surface area contributed by atoms with E-state index in [2.05, 4.69) is 27.9 Å². The summed E-state index contributed by atoms with van der Waals surface area (Å²) in [5.74, 6) is 0. The molecule has 1 aromatic carbocycles. The first kappa shape index (κ1) is 11.9. The number of hydrogen-bond donors (Lipinski definition) is 2. The lowest BCUT2D eigenvalue weighted by Crippen LogP contribution is -2.35. The maximum atomic E-state index is 10.1. The van der Waals surface area contributed by atoms with E-state index < -0.39 is 5.60 Å². The lowest BCUT2D eigenvalue weighted by Gasteiger charge is -2.24. The molecule has 3 heteroatoms. The number of nitrogens with one attached hydrogen (secondary N) is 1. The highest BCUT2D eigenvalue weighted by Gasteiger charge is 2.21. The van der Waals surface area contributed by atoms with Crippen LogP contribution >= 0.6 is 22.6 Å². The summed E-state index contributed by atoms with van der Waals surface area (Å²) in [7, 11) is 0. The van der Waals surface area contributed by atoms with Crippen LogP contribution in [0.3, 0.4) is 0 Å². The summed E-state index contributed by atoms with van der Waals surface area (Å²) in [4.78, 5) is 0. The molecule has 0 fully saturated rings. The monoisotopic (exact) mass is 305 g/mol. The van der Waals surface area contributed by atoms with Gasteiger partial charge in [0, 0.05) is 10.1 Å². The van der Waals surface area contributed by atoms with Crippen molar-refractivity contribution in [2.75, 3.05) is 13.1 Å². The van der Waals surface area contributed by atoms with Gasteiger partial charge < -0.3 is 10.4 Å². The van der Waals surface area contributed by atoms with Crippen LogP contribution in [0.2, 0.25) is 0 Å². The van der Waals surface area contributed by atoms with Gasteiger partial charge in [-0.15, -0.1) is 0 Å². The Bertz CT molecular complexity index is 282. The summed E-state index contributed by atoms with van der Waals surface area (Å²) in [6.45, 7) is 5.33. The normalized spacial score (nSPS) is 15.1. The topological polar surface area (TPSA) is 32.3 Å². The molecule has 1 unspecified atom stereocenters. The minimum absolute atomic E-state index is 0.587. The van der Waals surface area contributed by atoms with Crippen LogP contribution in [0, 0.1) is 3.57 Å². The van der Waals surface area contributed by atoms with Gasteiger partial charge in [-0.25, -0.2) is 0 Å². The van der Waals surface area contributed by atoms with Crippen molar-refractivity contribution in [3.05, 3.63) is 33.4 Å². The van der Waals surface area contributed by atoms with Gasteiger partial charge in [0.15, 0.2) is 0 Å². The zero-order valence-electron chi connectivity index (χ0n) is 8.55. The van der Waals surface area contributed by atoms with E-state index in [4.69, 9.17) is 0 Å². The Morgan fingerprint density at radius 2 is 1.93 bits per heavy atom. The summed E-state index contributed by atoms with van der Waals surface area (Å²) in [6, 6.07) is 7.96. The van der Waals surface area contributed by atoms with Gasteiger partial charge in [-0.1, -0.05) is 19.1 Å². The molecule has 0 aromatic heterocycles. The van der Waals surface area contributed by atoms with Gasteiger partial charge in [0.05, 0.1) is 5.60 Å². The smallest absolute Gasteiger partial charge is 0.0992 e. The third-order valence-corrected chi connectivity index (χ3v) is 2.90. The zero-order valence-corrected chi connectivity index (χ0v) is 10.7. The highest BCUT2D eigenvalue weighted by molar-refractivity contribution is 14.1. The van der Waals surface area contributed by atoms with Crippen LogP contribution in [0.5, 0.6) is 0 Å². The molecule has 1 rings (SSSR count). The molecular weight excluding hydrogens is 289 g/mol. The second-order valence-corrected chi connectivity index (χ2v) is 4.81. The van der Waals surface area contributed by atoms with E-state index in [1.54, 1.807) is 0 Å². The lowest BCUT2D eigenvalue weighted by molar-refractivity contribution is 0.0576. The predicted molar refractivity (Wildman–Crippen MR) is 67.3 cm³/mol. The fourth-order valence-electron chi connectivity index (χ4n) is 1.28. The molecule has 0 aliphatic carbocycles. The van der Waals surface area contributed by atoms with Crippen LogP contribution in [0.4, 0.5) is 0 Å². The maximum absolute atomic E-state index is 10.1. The van der Waals surface area contributed by atoms with Crippen molar-refractivity contribution < 1.29 is 5.11 Å². The lowest BCUT2D eigenvalue weighted by atomic mass is 9.96. The molecule has 0 aliphatic rings. The van der Waals surface area contributed by atoms with E-state index >= 15 is 0 Å². The molecule has 1 atom stereocenters. The molecule has 78 valence electrons. The van der Waals surface area contributed by atoms with E-state index in [-0.39, 0.29) is 0 Å². The van der Waals surface area contributed by atoms with Crippen molar-refractivity contribution >= 4 is 22.6 Å². The zero-order chi connectivity index (χ0) is 10.6. The molecular formula is C11H16INO. The van der Waals surface area contributed by atoms with Crippen molar-refractivity contribution in [2.45, 2.75) is 19.4 Å². The van der Waals surface area contributed by atoms with Crippen molar-refractivity contribution in [3.63, 3.8) is 0 Å². The molecule has 0 aliphatic heterocycles. The minimum Gasteiger partial charge on any atom is -0.384 e. The standard InChI is InChI=1S/C11H16INO/c1-3-13-8-11(2,14)9-4-6-10(12)7-5-9/h4-7,13-14H,3,8H2,1-2H3. The molecule has 0 saturated heterocycles. The SMILES string of the molecule is CCNCC(C)(O)c1ccc(I)cc1. The summed E-state index contributed by atoms with van der Waals surface area (Å²) >= 11 is 2.26. The summed E-state index contributed by atoms with van der Waals surface area (Å²) in [6.07, 6.45) is 0. The van der Waals surface area contributed by atoms with Crippen LogP contribution in [0.1, 0.15) is 19.4 Å². The van der Waals surface area contributed by atoms with Crippen LogP contribution < -0.4 is 5.32 Å². The van der Waals surface area contributed by atoms with Crippen LogP contribution in [-0.2, 0) is 5.60 Å². The largest absolute Gasteiger partial charge is 0.384 e. The summed E-state index contributed by atoms with van der Waals surface area (Å²) in [5, 5.41) is 13.3. The fraction of sp³-hybridized carbons (Fsp3) is 0.455. The molecule has 0 spiro atoms. The highest BCUT2D eigenvalue weighted by Crippen LogP contribution is 2.20. The average molecular weight is 305 g/mol. The Balaban J connectivity index is 2.75. The minimum atomic E-state index is -0.777. The summed E-state index contributed by atoms with van der Waals surface area (Å²) < 4.78 is 1.19. The van der Waals surface area contributed by atoms with Crippen LogP contribution in [0.25, 0.3) is 0 Å². The van der Waals surface area contributed by atoms with Gasteiger partial charge in [0.2, 0.25) is 0 Å². The Kier molecular flexibility index (Phi) is 4.34. The number of halogens is 1. The second-order valence-electron chi connectivity index (χ2n) is 3.56. The van der Waals surface area contributed by atoms with Crippen molar-refractivity contribution in [2.24, 2.45) is 0 Å². The molecule has 2 N–H and O–H groups in total. The predicted octanol–water partition coefficient (Wildman–Crippen LogP) is 2.11. The van der Waals surface area contributed by atoms with Crippen molar-refractivity contribution in [1.29, 1.82) is 0 Å². The highest BCUT2D eigenvalue weighted by atomic mass is 127. The number of benzene rings is 1. The van der Waals surface area contributed by atoms with Gasteiger partial charge in [-0.05, 0) is 53.8 Å². The Morgan fingerprint density at radius 1 is 1.36 bits per heavy atom. The molecule has 2 nitrogen and oxygen atoms in total. The van der Waals surface area contributed by atoms with Crippen molar-refractivity contribution in [3.8, 4) is 0 Å². The molecule has 0 heterocycles. The van der Waals surface area contributed by atoms with E-state index in [1.807, 2.05) is 38.1 Å². The van der Waals surface area contributed by atoms with Gasteiger partial charge in [-0.3, -0.25) is 0 Å². The molecule has 14 heavy (non-hydrogen) atoms. The maximum Gasteiger partial charge on any atom is 0.0992 e. The second kappa shape index (κ2) is 5.09. The Morgan fingerprint density at radius 3 is 2.43 bits per heavy atom. The van der Waals surface area contributed by atoms with E-state index in [1.165, 1.54) is 3.57 Å².